The molecule has 0 spiro atoms. The number of rotatable bonds is 6. The van der Waals surface area contributed by atoms with Crippen molar-refractivity contribution in [2.45, 2.75) is 0 Å². The van der Waals surface area contributed by atoms with E-state index < -0.39 is 17.7 Å². The third kappa shape index (κ3) is 5.87. The number of carbonyl (C=O) groups is 3. The molecule has 16 heavy (non-hydrogen) atoms. The van der Waals surface area contributed by atoms with E-state index in [0.29, 0.717) is 0 Å². The zero-order valence-corrected chi connectivity index (χ0v) is 8.53. The summed E-state index contributed by atoms with van der Waals surface area (Å²) in [6.45, 7) is -0.675. The van der Waals surface area contributed by atoms with Crippen LogP contribution in [0.1, 0.15) is 0 Å². The second-order valence-corrected chi connectivity index (χ2v) is 2.85. The van der Waals surface area contributed by atoms with Crippen molar-refractivity contribution in [2.75, 3.05) is 19.6 Å². The van der Waals surface area contributed by atoms with Crippen molar-refractivity contribution >= 4 is 17.7 Å². The van der Waals surface area contributed by atoms with Crippen LogP contribution >= 0.6 is 0 Å². The molecule has 9 N–H and O–H groups in total. The Morgan fingerprint density at radius 2 is 1.00 bits per heavy atom. The molecule has 0 bridgehead atoms. The van der Waals surface area contributed by atoms with Crippen molar-refractivity contribution in [2.24, 2.45) is 17.5 Å². The molecular formula is C6H15N7O3. The van der Waals surface area contributed by atoms with Crippen LogP contribution in [0.25, 0.3) is 0 Å². The average Bonchev–Trinajstić information content (AvgIpc) is 2.28. The molecule has 0 atom stereocenters. The number of nitrogens with one attached hydrogen (secondary N) is 3. The minimum Gasteiger partial charge on any atom is -0.293 e. The van der Waals surface area contributed by atoms with E-state index in [1.807, 2.05) is 16.3 Å². The third-order valence-electron chi connectivity index (χ3n) is 1.58. The van der Waals surface area contributed by atoms with Gasteiger partial charge in [-0.1, -0.05) is 0 Å². The minimum atomic E-state index is -0.547. The summed E-state index contributed by atoms with van der Waals surface area (Å²) in [5.41, 5.74) is 5.61. The maximum atomic E-state index is 11.0. The van der Waals surface area contributed by atoms with Gasteiger partial charge in [0, 0.05) is 0 Å². The van der Waals surface area contributed by atoms with Crippen LogP contribution in [-0.2, 0) is 14.4 Å². The van der Waals surface area contributed by atoms with Crippen LogP contribution in [0.4, 0.5) is 0 Å². The van der Waals surface area contributed by atoms with Gasteiger partial charge in [-0.05, 0) is 0 Å². The molecule has 10 nitrogen and oxygen atoms in total. The first kappa shape index (κ1) is 14.2. The van der Waals surface area contributed by atoms with Crippen molar-refractivity contribution in [1.29, 1.82) is 0 Å². The molecule has 0 aliphatic heterocycles. The summed E-state index contributed by atoms with van der Waals surface area (Å²) in [7, 11) is 0. The van der Waals surface area contributed by atoms with Crippen molar-refractivity contribution < 1.29 is 14.4 Å². The van der Waals surface area contributed by atoms with Crippen molar-refractivity contribution in [3.63, 3.8) is 0 Å². The molecule has 92 valence electrons. The molecule has 0 radical (unpaired) electrons. The largest absolute Gasteiger partial charge is 0.293 e. The lowest BCUT2D eigenvalue weighted by molar-refractivity contribution is -0.127. The molecule has 0 aromatic heterocycles. The minimum absolute atomic E-state index is 0.225. The van der Waals surface area contributed by atoms with Gasteiger partial charge < -0.3 is 0 Å². The molecule has 0 saturated heterocycles. The normalized spacial score (nSPS) is 9.75. The summed E-state index contributed by atoms with van der Waals surface area (Å²) in [5.74, 6) is 13.0. The van der Waals surface area contributed by atoms with Crippen LogP contribution in [0.2, 0.25) is 0 Å². The van der Waals surface area contributed by atoms with Crippen LogP contribution in [0.3, 0.4) is 0 Å². The van der Waals surface area contributed by atoms with E-state index in [4.69, 9.17) is 17.5 Å². The van der Waals surface area contributed by atoms with Gasteiger partial charge in [-0.15, -0.1) is 0 Å². The fourth-order valence-corrected chi connectivity index (χ4v) is 0.914. The molecule has 0 saturated carbocycles. The Labute approximate surface area is 91.4 Å². The number of amides is 3. The van der Waals surface area contributed by atoms with Gasteiger partial charge in [0.2, 0.25) is 17.7 Å². The molecule has 0 fully saturated rings. The summed E-state index contributed by atoms with van der Waals surface area (Å²) in [6, 6.07) is 0. The zero-order valence-electron chi connectivity index (χ0n) is 8.53. The fraction of sp³-hybridized carbons (Fsp3) is 0.500. The fourth-order valence-electron chi connectivity index (χ4n) is 0.914. The lowest BCUT2D eigenvalue weighted by Crippen LogP contribution is -2.49. The predicted molar refractivity (Wildman–Crippen MR) is 53.4 cm³/mol. The maximum absolute atomic E-state index is 11.0. The number of hydrogen-bond acceptors (Lipinski definition) is 7. The SMILES string of the molecule is NNC(=O)CN(CC(=O)NN)CC(=O)NN. The lowest BCUT2D eigenvalue weighted by Gasteiger charge is -2.18. The van der Waals surface area contributed by atoms with Crippen molar-refractivity contribution in [3.8, 4) is 0 Å². The van der Waals surface area contributed by atoms with Crippen LogP contribution in [0.15, 0.2) is 0 Å². The van der Waals surface area contributed by atoms with Gasteiger partial charge in [0.05, 0.1) is 19.6 Å². The Balaban J connectivity index is 4.31. The predicted octanol–water partition coefficient (Wildman–Crippen LogP) is -4.74. The highest BCUT2D eigenvalue weighted by Crippen LogP contribution is 1.87. The Kier molecular flexibility index (Phi) is 6.71. The summed E-state index contributed by atoms with van der Waals surface area (Å²) < 4.78 is 0. The van der Waals surface area contributed by atoms with E-state index in [-0.39, 0.29) is 19.6 Å². The Hall–Kier alpha value is -1.75. The monoisotopic (exact) mass is 233 g/mol. The van der Waals surface area contributed by atoms with Crippen molar-refractivity contribution in [3.05, 3.63) is 0 Å². The second-order valence-electron chi connectivity index (χ2n) is 2.85. The van der Waals surface area contributed by atoms with Crippen LogP contribution in [-0.4, -0.2) is 42.3 Å². The highest BCUT2D eigenvalue weighted by Gasteiger charge is 2.16. The lowest BCUT2D eigenvalue weighted by atomic mass is 10.4. The van der Waals surface area contributed by atoms with Gasteiger partial charge in [-0.2, -0.15) is 0 Å². The first-order valence-electron chi connectivity index (χ1n) is 4.24. The second kappa shape index (κ2) is 7.53. The number of nitrogens with two attached hydrogens (primary N) is 3. The van der Waals surface area contributed by atoms with Crippen LogP contribution in [0, 0.1) is 0 Å². The van der Waals surface area contributed by atoms with E-state index in [1.54, 1.807) is 0 Å². The van der Waals surface area contributed by atoms with E-state index in [1.165, 1.54) is 4.90 Å². The first-order chi connectivity index (χ1) is 7.53. The number of nitrogens with zero attached hydrogens (tertiary/aromatic N) is 1. The van der Waals surface area contributed by atoms with E-state index in [0.717, 1.165) is 0 Å². The summed E-state index contributed by atoms with van der Waals surface area (Å²) >= 11 is 0. The zero-order chi connectivity index (χ0) is 12.6. The molecule has 0 rings (SSSR count). The van der Waals surface area contributed by atoms with Gasteiger partial charge in [0.15, 0.2) is 0 Å². The molecule has 0 aliphatic carbocycles. The summed E-state index contributed by atoms with van der Waals surface area (Å²) in [6.07, 6.45) is 0. The van der Waals surface area contributed by atoms with Gasteiger partial charge in [-0.25, -0.2) is 17.5 Å². The Bertz CT molecular complexity index is 226. The van der Waals surface area contributed by atoms with Gasteiger partial charge in [0.25, 0.3) is 0 Å². The molecular weight excluding hydrogens is 218 g/mol. The highest BCUT2D eigenvalue weighted by atomic mass is 16.2. The smallest absolute Gasteiger partial charge is 0.248 e. The summed E-state index contributed by atoms with van der Waals surface area (Å²) in [5, 5.41) is 0. The number of carbonyl (C=O) groups excluding carboxylic acids is 3. The molecule has 0 aromatic rings. The molecule has 0 aromatic carbocycles. The van der Waals surface area contributed by atoms with E-state index in [9.17, 15) is 14.4 Å². The molecule has 10 heteroatoms. The van der Waals surface area contributed by atoms with Gasteiger partial charge in [0.1, 0.15) is 0 Å². The van der Waals surface area contributed by atoms with Gasteiger partial charge in [-0.3, -0.25) is 35.6 Å². The summed E-state index contributed by atoms with van der Waals surface area (Å²) in [4.78, 5) is 34.1. The first-order valence-corrected chi connectivity index (χ1v) is 4.24. The molecule has 0 unspecified atom stereocenters. The van der Waals surface area contributed by atoms with E-state index in [2.05, 4.69) is 0 Å². The topological polar surface area (TPSA) is 169 Å². The third-order valence-corrected chi connectivity index (χ3v) is 1.58. The molecule has 0 aliphatic rings. The Morgan fingerprint density at radius 3 is 1.19 bits per heavy atom. The quantitative estimate of drug-likeness (QED) is 0.152. The van der Waals surface area contributed by atoms with E-state index >= 15 is 0 Å². The molecule has 0 heterocycles. The van der Waals surface area contributed by atoms with Gasteiger partial charge >= 0.3 is 0 Å². The number of hydrogen-bond donors (Lipinski definition) is 6. The number of hydrazine groups is 3. The van der Waals surface area contributed by atoms with Crippen molar-refractivity contribution in [1.82, 2.24) is 21.2 Å². The Morgan fingerprint density at radius 1 is 0.750 bits per heavy atom. The maximum Gasteiger partial charge on any atom is 0.248 e. The van der Waals surface area contributed by atoms with Crippen LogP contribution in [0.5, 0.6) is 0 Å². The standard InChI is InChI=1S/C6H15N7O3/c7-10-4(14)1-13(2-5(15)11-8)3-6(16)12-9/h1-3,7-9H2,(H,10,14)(H,11,15)(H,12,16). The average molecular weight is 233 g/mol. The van der Waals surface area contributed by atoms with Crippen LogP contribution < -0.4 is 33.8 Å². The highest BCUT2D eigenvalue weighted by molar-refractivity contribution is 5.83. The molecule has 3 amide bonds.